The topological polar surface area (TPSA) is 29.5 Å². The van der Waals surface area contributed by atoms with Crippen LogP contribution in [0, 0.1) is 5.92 Å². The van der Waals surface area contributed by atoms with Crippen LogP contribution in [0.15, 0.2) is 24.3 Å². The molecule has 0 spiro atoms. The maximum atomic E-state index is 10.4. The van der Waals surface area contributed by atoms with E-state index in [-0.39, 0.29) is 12.0 Å². The summed E-state index contributed by atoms with van der Waals surface area (Å²) < 4.78 is 5.45. The minimum Gasteiger partial charge on any atom is -0.388 e. The molecule has 0 bridgehead atoms. The van der Waals surface area contributed by atoms with Crippen molar-refractivity contribution in [1.29, 1.82) is 0 Å². The van der Waals surface area contributed by atoms with Crippen molar-refractivity contribution in [3.63, 3.8) is 0 Å². The molecule has 2 atom stereocenters. The highest BCUT2D eigenvalue weighted by Crippen LogP contribution is 2.37. The molecule has 1 saturated heterocycles. The number of aliphatic hydroxyl groups is 1. The molecule has 3 rings (SSSR count). The molecule has 2 aliphatic rings. The molecule has 1 aliphatic heterocycles. The fourth-order valence-corrected chi connectivity index (χ4v) is 2.99. The first-order chi connectivity index (χ1) is 8.84. The number of benzene rings is 1. The van der Waals surface area contributed by atoms with Gasteiger partial charge in [-0.25, -0.2) is 0 Å². The van der Waals surface area contributed by atoms with E-state index in [9.17, 15) is 5.11 Å². The SMILES string of the molecule is OC(c1ccc(C2CCC2)cc1)C1CCCOC1. The average molecular weight is 246 g/mol. The minimum absolute atomic E-state index is 0.272. The van der Waals surface area contributed by atoms with Gasteiger partial charge in [-0.05, 0) is 42.7 Å². The van der Waals surface area contributed by atoms with E-state index in [1.54, 1.807) is 0 Å². The lowest BCUT2D eigenvalue weighted by Gasteiger charge is -2.28. The highest BCUT2D eigenvalue weighted by molar-refractivity contribution is 5.28. The van der Waals surface area contributed by atoms with Crippen LogP contribution in [0.2, 0.25) is 0 Å². The molecule has 1 saturated carbocycles. The van der Waals surface area contributed by atoms with Crippen LogP contribution in [0.1, 0.15) is 55.3 Å². The Morgan fingerprint density at radius 3 is 2.39 bits per heavy atom. The van der Waals surface area contributed by atoms with Gasteiger partial charge in [-0.15, -0.1) is 0 Å². The van der Waals surface area contributed by atoms with Crippen LogP contribution >= 0.6 is 0 Å². The van der Waals surface area contributed by atoms with Gasteiger partial charge in [0.05, 0.1) is 12.7 Å². The van der Waals surface area contributed by atoms with Crippen LogP contribution in [0.4, 0.5) is 0 Å². The molecule has 18 heavy (non-hydrogen) atoms. The molecule has 1 N–H and O–H groups in total. The smallest absolute Gasteiger partial charge is 0.0840 e. The lowest BCUT2D eigenvalue weighted by atomic mass is 9.79. The molecule has 1 aliphatic carbocycles. The quantitative estimate of drug-likeness (QED) is 0.885. The summed E-state index contributed by atoms with van der Waals surface area (Å²) in [5.41, 5.74) is 2.49. The molecule has 2 nitrogen and oxygen atoms in total. The fourth-order valence-electron chi connectivity index (χ4n) is 2.99. The highest BCUT2D eigenvalue weighted by atomic mass is 16.5. The largest absolute Gasteiger partial charge is 0.388 e. The first-order valence-corrected chi connectivity index (χ1v) is 7.20. The molecule has 1 heterocycles. The first kappa shape index (κ1) is 12.2. The number of hydrogen-bond donors (Lipinski definition) is 1. The highest BCUT2D eigenvalue weighted by Gasteiger charge is 2.24. The summed E-state index contributed by atoms with van der Waals surface area (Å²) in [7, 11) is 0. The van der Waals surface area contributed by atoms with Crippen molar-refractivity contribution >= 4 is 0 Å². The summed E-state index contributed by atoms with van der Waals surface area (Å²) in [6.07, 6.45) is 5.82. The predicted molar refractivity (Wildman–Crippen MR) is 71.5 cm³/mol. The summed E-state index contributed by atoms with van der Waals surface area (Å²) in [4.78, 5) is 0. The zero-order chi connectivity index (χ0) is 12.4. The lowest BCUT2D eigenvalue weighted by molar-refractivity contribution is -0.00997. The van der Waals surface area contributed by atoms with E-state index >= 15 is 0 Å². The molecule has 98 valence electrons. The van der Waals surface area contributed by atoms with Crippen LogP contribution < -0.4 is 0 Å². The molecule has 2 unspecified atom stereocenters. The van der Waals surface area contributed by atoms with E-state index in [4.69, 9.17) is 4.74 Å². The second kappa shape index (κ2) is 5.41. The van der Waals surface area contributed by atoms with Crippen LogP contribution in [0.3, 0.4) is 0 Å². The van der Waals surface area contributed by atoms with E-state index in [1.807, 2.05) is 0 Å². The maximum absolute atomic E-state index is 10.4. The fraction of sp³-hybridized carbons (Fsp3) is 0.625. The second-order valence-corrected chi connectivity index (χ2v) is 5.72. The van der Waals surface area contributed by atoms with E-state index in [0.29, 0.717) is 6.61 Å². The van der Waals surface area contributed by atoms with Crippen LogP contribution in [-0.2, 0) is 4.74 Å². The molecule has 0 amide bonds. The monoisotopic (exact) mass is 246 g/mol. The van der Waals surface area contributed by atoms with Gasteiger partial charge in [-0.3, -0.25) is 0 Å². The number of aliphatic hydroxyl groups excluding tert-OH is 1. The van der Waals surface area contributed by atoms with Crippen molar-refractivity contribution in [2.75, 3.05) is 13.2 Å². The van der Waals surface area contributed by atoms with E-state index in [2.05, 4.69) is 24.3 Å². The molecule has 1 aromatic carbocycles. The normalized spacial score (nSPS) is 26.6. The standard InChI is InChI=1S/C16H22O2/c17-16(15-5-2-10-18-11-15)14-8-6-13(7-9-14)12-3-1-4-12/h6-9,12,15-17H,1-5,10-11H2. The third kappa shape index (κ3) is 2.45. The molecule has 0 radical (unpaired) electrons. The lowest BCUT2D eigenvalue weighted by Crippen LogP contribution is -2.23. The maximum Gasteiger partial charge on any atom is 0.0840 e. The number of hydrogen-bond acceptors (Lipinski definition) is 2. The Kier molecular flexibility index (Phi) is 3.67. The molecule has 0 aromatic heterocycles. The molecule has 2 fully saturated rings. The van der Waals surface area contributed by atoms with E-state index in [1.165, 1.54) is 24.8 Å². The Bertz CT molecular complexity index is 375. The third-order valence-corrected chi connectivity index (χ3v) is 4.50. The summed E-state index contributed by atoms with van der Waals surface area (Å²) in [5.74, 6) is 1.04. The first-order valence-electron chi connectivity index (χ1n) is 7.20. The Morgan fingerprint density at radius 2 is 1.83 bits per heavy atom. The Morgan fingerprint density at radius 1 is 1.06 bits per heavy atom. The van der Waals surface area contributed by atoms with Crippen molar-refractivity contribution in [3.8, 4) is 0 Å². The van der Waals surface area contributed by atoms with Crippen molar-refractivity contribution < 1.29 is 9.84 Å². The summed E-state index contributed by atoms with van der Waals surface area (Å²) in [6.45, 7) is 1.55. The van der Waals surface area contributed by atoms with Gasteiger partial charge in [-0.1, -0.05) is 30.7 Å². The summed E-state index contributed by atoms with van der Waals surface area (Å²) >= 11 is 0. The molecular weight excluding hydrogens is 224 g/mol. The van der Waals surface area contributed by atoms with Crippen LogP contribution in [0.5, 0.6) is 0 Å². The van der Waals surface area contributed by atoms with E-state index in [0.717, 1.165) is 30.9 Å². The van der Waals surface area contributed by atoms with Gasteiger partial charge in [0.15, 0.2) is 0 Å². The number of ether oxygens (including phenoxy) is 1. The van der Waals surface area contributed by atoms with Crippen molar-refractivity contribution in [3.05, 3.63) is 35.4 Å². The van der Waals surface area contributed by atoms with Gasteiger partial charge in [-0.2, -0.15) is 0 Å². The van der Waals surface area contributed by atoms with E-state index < -0.39 is 0 Å². The van der Waals surface area contributed by atoms with Gasteiger partial charge < -0.3 is 9.84 Å². The van der Waals surface area contributed by atoms with Gasteiger partial charge in [0, 0.05) is 12.5 Å². The van der Waals surface area contributed by atoms with Gasteiger partial charge in [0.25, 0.3) is 0 Å². The summed E-state index contributed by atoms with van der Waals surface area (Å²) in [5, 5.41) is 10.4. The Balaban J connectivity index is 1.67. The molecule has 2 heteroatoms. The van der Waals surface area contributed by atoms with Crippen LogP contribution in [0.25, 0.3) is 0 Å². The summed E-state index contributed by atoms with van der Waals surface area (Å²) in [6, 6.07) is 8.61. The third-order valence-electron chi connectivity index (χ3n) is 4.50. The Hall–Kier alpha value is -0.860. The molecule has 1 aromatic rings. The average Bonchev–Trinajstić information content (AvgIpc) is 2.38. The second-order valence-electron chi connectivity index (χ2n) is 5.72. The zero-order valence-electron chi connectivity index (χ0n) is 10.8. The van der Waals surface area contributed by atoms with Crippen LogP contribution in [-0.4, -0.2) is 18.3 Å². The number of rotatable bonds is 3. The van der Waals surface area contributed by atoms with Gasteiger partial charge >= 0.3 is 0 Å². The molecular formula is C16H22O2. The van der Waals surface area contributed by atoms with Gasteiger partial charge in [0.1, 0.15) is 0 Å². The predicted octanol–water partition coefficient (Wildman–Crippen LogP) is 3.41. The Labute approximate surface area is 109 Å². The minimum atomic E-state index is -0.360. The van der Waals surface area contributed by atoms with Crippen molar-refractivity contribution in [2.45, 2.75) is 44.1 Å². The zero-order valence-corrected chi connectivity index (χ0v) is 10.8. The van der Waals surface area contributed by atoms with Gasteiger partial charge in [0.2, 0.25) is 0 Å². The van der Waals surface area contributed by atoms with Crippen molar-refractivity contribution in [2.24, 2.45) is 5.92 Å². The van der Waals surface area contributed by atoms with Crippen molar-refractivity contribution in [1.82, 2.24) is 0 Å².